The van der Waals surface area contributed by atoms with Gasteiger partial charge in [0.2, 0.25) is 0 Å². The van der Waals surface area contributed by atoms with Crippen LogP contribution < -0.4 is 11.3 Å². The molecule has 3 atom stereocenters. The van der Waals surface area contributed by atoms with E-state index in [0.717, 1.165) is 17.0 Å². The Morgan fingerprint density at radius 2 is 1.74 bits per heavy atom. The Balaban J connectivity index is 1.81. The van der Waals surface area contributed by atoms with Crippen LogP contribution in [0.1, 0.15) is 29.5 Å². The Hall–Kier alpha value is -1.35. The van der Waals surface area contributed by atoms with Crippen LogP contribution in [-0.2, 0) is 0 Å². The molecule has 0 heterocycles. The highest BCUT2D eigenvalue weighted by molar-refractivity contribution is 6.31. The third-order valence-electron chi connectivity index (χ3n) is 3.92. The number of hydrogen-bond acceptors (Lipinski definition) is 2. The first-order valence-corrected chi connectivity index (χ1v) is 6.94. The summed E-state index contributed by atoms with van der Waals surface area (Å²) in [6.07, 6.45) is 1.16. The van der Waals surface area contributed by atoms with E-state index in [1.165, 1.54) is 5.56 Å². The van der Waals surface area contributed by atoms with E-state index in [1.54, 1.807) is 0 Å². The Bertz CT molecular complexity index is 556. The van der Waals surface area contributed by atoms with Crippen molar-refractivity contribution in [1.29, 1.82) is 0 Å². The molecule has 1 fully saturated rings. The average Bonchev–Trinajstić information content (AvgIpc) is 3.23. The van der Waals surface area contributed by atoms with Crippen molar-refractivity contribution in [3.05, 3.63) is 70.7 Å². The molecule has 1 aliphatic rings. The van der Waals surface area contributed by atoms with Crippen molar-refractivity contribution in [3.8, 4) is 0 Å². The molecule has 3 heteroatoms. The minimum Gasteiger partial charge on any atom is -0.271 e. The smallest absolute Gasteiger partial charge is 0.0508 e. The van der Waals surface area contributed by atoms with Gasteiger partial charge in [-0.05, 0) is 35.4 Å². The van der Waals surface area contributed by atoms with Crippen LogP contribution in [0.2, 0.25) is 5.02 Å². The molecule has 2 nitrogen and oxygen atoms in total. The van der Waals surface area contributed by atoms with E-state index in [9.17, 15) is 0 Å². The highest BCUT2D eigenvalue weighted by Crippen LogP contribution is 2.54. The molecule has 0 amide bonds. The predicted octanol–water partition coefficient (Wildman–Crippen LogP) is 3.65. The van der Waals surface area contributed by atoms with Crippen molar-refractivity contribution < 1.29 is 0 Å². The van der Waals surface area contributed by atoms with Crippen LogP contribution in [0.3, 0.4) is 0 Å². The Morgan fingerprint density at radius 1 is 1.05 bits per heavy atom. The monoisotopic (exact) mass is 272 g/mol. The molecule has 3 N–H and O–H groups in total. The molecule has 2 aromatic rings. The molecular weight excluding hydrogens is 256 g/mol. The second-order valence-corrected chi connectivity index (χ2v) is 5.49. The topological polar surface area (TPSA) is 38.0 Å². The van der Waals surface area contributed by atoms with Gasteiger partial charge >= 0.3 is 0 Å². The molecule has 0 bridgehead atoms. The number of nitrogens with one attached hydrogen (secondary N) is 1. The molecule has 0 spiro atoms. The fourth-order valence-corrected chi connectivity index (χ4v) is 3.09. The quantitative estimate of drug-likeness (QED) is 0.659. The van der Waals surface area contributed by atoms with Gasteiger partial charge in [0.15, 0.2) is 0 Å². The van der Waals surface area contributed by atoms with Gasteiger partial charge < -0.3 is 0 Å². The molecular formula is C16H17ClN2. The number of halogens is 1. The first-order chi connectivity index (χ1) is 9.31. The number of hydrazine groups is 1. The Kier molecular flexibility index (Phi) is 3.56. The zero-order valence-corrected chi connectivity index (χ0v) is 11.3. The van der Waals surface area contributed by atoms with Gasteiger partial charge in [-0.15, -0.1) is 0 Å². The minimum atomic E-state index is 0.124. The van der Waals surface area contributed by atoms with Gasteiger partial charge in [-0.1, -0.05) is 60.1 Å². The first-order valence-electron chi connectivity index (χ1n) is 6.56. The van der Waals surface area contributed by atoms with Gasteiger partial charge in [0, 0.05) is 5.02 Å². The summed E-state index contributed by atoms with van der Waals surface area (Å²) in [4.78, 5) is 0. The Morgan fingerprint density at radius 3 is 2.42 bits per heavy atom. The maximum Gasteiger partial charge on any atom is 0.0508 e. The van der Waals surface area contributed by atoms with Crippen LogP contribution in [0.4, 0.5) is 0 Å². The standard InChI is InChI=1S/C16H17ClN2/c17-15-9-5-4-8-12(15)16(19-18)14-10-13(14)11-6-2-1-3-7-11/h1-9,13-14,16,19H,10,18H2. The van der Waals surface area contributed by atoms with Crippen molar-refractivity contribution >= 4 is 11.6 Å². The fraction of sp³-hybridized carbons (Fsp3) is 0.250. The number of nitrogens with two attached hydrogens (primary N) is 1. The summed E-state index contributed by atoms with van der Waals surface area (Å²) in [7, 11) is 0. The highest BCUT2D eigenvalue weighted by atomic mass is 35.5. The van der Waals surface area contributed by atoms with Crippen molar-refractivity contribution in [1.82, 2.24) is 5.43 Å². The molecule has 1 saturated carbocycles. The predicted molar refractivity (Wildman–Crippen MR) is 78.8 cm³/mol. The van der Waals surface area contributed by atoms with E-state index in [1.807, 2.05) is 30.3 Å². The normalized spacial score (nSPS) is 23.1. The van der Waals surface area contributed by atoms with Gasteiger partial charge in [0.1, 0.15) is 0 Å². The summed E-state index contributed by atoms with van der Waals surface area (Å²) in [5.74, 6) is 6.85. The van der Waals surface area contributed by atoms with Crippen LogP contribution >= 0.6 is 11.6 Å². The molecule has 2 aromatic carbocycles. The highest BCUT2D eigenvalue weighted by Gasteiger charge is 2.44. The van der Waals surface area contributed by atoms with Gasteiger partial charge in [-0.25, -0.2) is 0 Å². The first kappa shape index (κ1) is 12.7. The second-order valence-electron chi connectivity index (χ2n) is 5.08. The van der Waals surface area contributed by atoms with Gasteiger partial charge in [0.05, 0.1) is 6.04 Å². The average molecular weight is 273 g/mol. The molecule has 0 aliphatic heterocycles. The minimum absolute atomic E-state index is 0.124. The summed E-state index contributed by atoms with van der Waals surface area (Å²) in [6.45, 7) is 0. The molecule has 3 unspecified atom stereocenters. The summed E-state index contributed by atoms with van der Waals surface area (Å²) in [6, 6.07) is 18.6. The zero-order chi connectivity index (χ0) is 13.2. The second kappa shape index (κ2) is 5.33. The lowest BCUT2D eigenvalue weighted by Crippen LogP contribution is -2.30. The summed E-state index contributed by atoms with van der Waals surface area (Å²) in [5, 5.41) is 0.782. The third kappa shape index (κ3) is 2.52. The van der Waals surface area contributed by atoms with Crippen molar-refractivity contribution in [2.24, 2.45) is 11.8 Å². The van der Waals surface area contributed by atoms with Crippen LogP contribution in [-0.4, -0.2) is 0 Å². The molecule has 0 saturated heterocycles. The lowest BCUT2D eigenvalue weighted by atomic mass is 9.99. The van der Waals surface area contributed by atoms with Gasteiger partial charge in [-0.3, -0.25) is 11.3 Å². The maximum atomic E-state index is 6.27. The maximum absolute atomic E-state index is 6.27. The summed E-state index contributed by atoms with van der Waals surface area (Å²) in [5.41, 5.74) is 5.42. The zero-order valence-electron chi connectivity index (χ0n) is 10.6. The van der Waals surface area contributed by atoms with E-state index < -0.39 is 0 Å². The van der Waals surface area contributed by atoms with Crippen LogP contribution in [0.15, 0.2) is 54.6 Å². The summed E-state index contributed by atoms with van der Waals surface area (Å²) >= 11 is 6.27. The van der Waals surface area contributed by atoms with Crippen molar-refractivity contribution in [2.75, 3.05) is 0 Å². The van der Waals surface area contributed by atoms with Crippen LogP contribution in [0.25, 0.3) is 0 Å². The molecule has 0 radical (unpaired) electrons. The largest absolute Gasteiger partial charge is 0.271 e. The van der Waals surface area contributed by atoms with E-state index in [2.05, 4.69) is 29.7 Å². The Labute approximate surface area is 118 Å². The SMILES string of the molecule is NNC(c1ccccc1Cl)C1CC1c1ccccc1. The third-order valence-corrected chi connectivity index (χ3v) is 4.26. The van der Waals surface area contributed by atoms with Crippen molar-refractivity contribution in [3.63, 3.8) is 0 Å². The number of hydrogen-bond donors (Lipinski definition) is 2. The lowest BCUT2D eigenvalue weighted by Gasteiger charge is -2.18. The van der Waals surface area contributed by atoms with Crippen molar-refractivity contribution in [2.45, 2.75) is 18.4 Å². The van der Waals surface area contributed by atoms with E-state index in [0.29, 0.717) is 11.8 Å². The van der Waals surface area contributed by atoms with Crippen LogP contribution in [0, 0.1) is 5.92 Å². The number of benzene rings is 2. The van der Waals surface area contributed by atoms with E-state index in [-0.39, 0.29) is 6.04 Å². The summed E-state index contributed by atoms with van der Waals surface area (Å²) < 4.78 is 0. The van der Waals surface area contributed by atoms with Gasteiger partial charge in [-0.2, -0.15) is 0 Å². The fourth-order valence-electron chi connectivity index (χ4n) is 2.84. The van der Waals surface area contributed by atoms with E-state index >= 15 is 0 Å². The molecule has 3 rings (SSSR count). The number of rotatable bonds is 4. The van der Waals surface area contributed by atoms with E-state index in [4.69, 9.17) is 17.4 Å². The molecule has 19 heavy (non-hydrogen) atoms. The van der Waals surface area contributed by atoms with Crippen LogP contribution in [0.5, 0.6) is 0 Å². The molecule has 98 valence electrons. The van der Waals surface area contributed by atoms with Gasteiger partial charge in [0.25, 0.3) is 0 Å². The molecule has 0 aromatic heterocycles. The molecule has 1 aliphatic carbocycles. The lowest BCUT2D eigenvalue weighted by molar-refractivity contribution is 0.487.